The van der Waals surface area contributed by atoms with Gasteiger partial charge in [-0.05, 0) is 51.7 Å². The number of hydrogen-bond acceptors (Lipinski definition) is 6. The van der Waals surface area contributed by atoms with E-state index in [0.29, 0.717) is 13.1 Å². The van der Waals surface area contributed by atoms with Crippen molar-refractivity contribution in [2.24, 2.45) is 5.92 Å². The van der Waals surface area contributed by atoms with Crippen molar-refractivity contribution < 1.29 is 24.0 Å². The van der Waals surface area contributed by atoms with E-state index < -0.39 is 16.5 Å². The van der Waals surface area contributed by atoms with E-state index in [4.69, 9.17) is 9.47 Å². The van der Waals surface area contributed by atoms with Gasteiger partial charge in [-0.15, -0.1) is 0 Å². The van der Waals surface area contributed by atoms with Crippen molar-refractivity contribution in [2.45, 2.75) is 45.6 Å². The molecule has 0 bridgehead atoms. The number of hydrogen-bond donors (Lipinski definition) is 0. The van der Waals surface area contributed by atoms with E-state index in [1.807, 2.05) is 20.8 Å². The van der Waals surface area contributed by atoms with Crippen molar-refractivity contribution in [1.29, 1.82) is 0 Å². The minimum Gasteiger partial charge on any atom is -0.444 e. The molecule has 1 heterocycles. The minimum atomic E-state index is -0.557. The number of amides is 1. The van der Waals surface area contributed by atoms with E-state index in [0.717, 1.165) is 12.8 Å². The number of carbonyl (C=O) groups excluding carboxylic acids is 2. The summed E-state index contributed by atoms with van der Waals surface area (Å²) in [4.78, 5) is 36.0. The lowest BCUT2D eigenvalue weighted by molar-refractivity contribution is -0.384. The average molecular weight is 364 g/mol. The van der Waals surface area contributed by atoms with Gasteiger partial charge in [-0.25, -0.2) is 4.79 Å². The van der Waals surface area contributed by atoms with E-state index >= 15 is 0 Å². The molecule has 142 valence electrons. The first-order valence-corrected chi connectivity index (χ1v) is 8.57. The van der Waals surface area contributed by atoms with Gasteiger partial charge in [-0.3, -0.25) is 14.9 Å². The third-order valence-corrected chi connectivity index (χ3v) is 3.91. The Balaban J connectivity index is 1.86. The minimum absolute atomic E-state index is 0.00168. The van der Waals surface area contributed by atoms with Gasteiger partial charge in [0, 0.05) is 25.2 Å². The molecule has 0 unspecified atom stereocenters. The summed E-state index contributed by atoms with van der Waals surface area (Å²) in [5, 5.41) is 10.6. The smallest absolute Gasteiger partial charge is 0.410 e. The van der Waals surface area contributed by atoms with Crippen molar-refractivity contribution in [2.75, 3.05) is 13.1 Å². The van der Waals surface area contributed by atoms with Crippen LogP contribution in [-0.2, 0) is 9.53 Å². The van der Waals surface area contributed by atoms with Crippen LogP contribution in [0.3, 0.4) is 0 Å². The molecule has 1 aliphatic rings. The standard InChI is InChI=1S/C18H24N2O6/c1-18(2,3)26-17(22)19-10-4-5-13(12-19)11-16(21)25-15-8-6-14(7-9-15)20(23)24/h6-9,13H,4-5,10-12H2,1-3H3/t13-/m1/s1. The molecule has 1 aromatic rings. The predicted molar refractivity (Wildman–Crippen MR) is 93.9 cm³/mol. The molecule has 0 aliphatic carbocycles. The zero-order valence-electron chi connectivity index (χ0n) is 15.3. The maximum atomic E-state index is 12.2. The van der Waals surface area contributed by atoms with E-state index in [-0.39, 0.29) is 29.9 Å². The van der Waals surface area contributed by atoms with Crippen LogP contribution in [0.15, 0.2) is 24.3 Å². The second-order valence-electron chi connectivity index (χ2n) is 7.36. The summed E-state index contributed by atoms with van der Waals surface area (Å²) in [5.74, 6) is -0.155. The van der Waals surface area contributed by atoms with Gasteiger partial charge in [0.1, 0.15) is 11.4 Å². The highest BCUT2D eigenvalue weighted by Crippen LogP contribution is 2.23. The molecule has 0 N–H and O–H groups in total. The van der Waals surface area contributed by atoms with Crippen molar-refractivity contribution in [1.82, 2.24) is 4.90 Å². The maximum Gasteiger partial charge on any atom is 0.410 e. The average Bonchev–Trinajstić information content (AvgIpc) is 2.54. The van der Waals surface area contributed by atoms with Gasteiger partial charge >= 0.3 is 12.1 Å². The number of benzene rings is 1. The van der Waals surface area contributed by atoms with Crippen LogP contribution in [0.2, 0.25) is 0 Å². The van der Waals surface area contributed by atoms with Crippen LogP contribution in [0.1, 0.15) is 40.0 Å². The first-order valence-electron chi connectivity index (χ1n) is 8.57. The van der Waals surface area contributed by atoms with Crippen LogP contribution in [0.4, 0.5) is 10.5 Å². The monoisotopic (exact) mass is 364 g/mol. The van der Waals surface area contributed by atoms with Gasteiger partial charge in [0.2, 0.25) is 0 Å². The normalized spacial score (nSPS) is 17.5. The van der Waals surface area contributed by atoms with E-state index in [2.05, 4.69) is 0 Å². The SMILES string of the molecule is CC(C)(C)OC(=O)N1CCC[C@H](CC(=O)Oc2ccc([N+](=O)[O-])cc2)C1. The molecule has 0 spiro atoms. The molecule has 2 rings (SSSR count). The number of nitrogens with zero attached hydrogens (tertiary/aromatic N) is 2. The van der Waals surface area contributed by atoms with E-state index in [1.54, 1.807) is 4.90 Å². The van der Waals surface area contributed by atoms with Gasteiger partial charge in [-0.1, -0.05) is 0 Å². The number of non-ortho nitro benzene ring substituents is 1. The number of esters is 1. The van der Waals surface area contributed by atoms with Crippen LogP contribution in [0.5, 0.6) is 5.75 Å². The number of nitro groups is 1. The third kappa shape index (κ3) is 6.02. The zero-order valence-corrected chi connectivity index (χ0v) is 15.3. The number of ether oxygens (including phenoxy) is 2. The first-order chi connectivity index (χ1) is 12.1. The highest BCUT2D eigenvalue weighted by atomic mass is 16.6. The van der Waals surface area contributed by atoms with Crippen molar-refractivity contribution in [3.05, 3.63) is 34.4 Å². The molecule has 0 radical (unpaired) electrons. The number of nitro benzene ring substituents is 1. The van der Waals surface area contributed by atoms with Gasteiger partial charge in [0.15, 0.2) is 0 Å². The first kappa shape index (κ1) is 19.7. The largest absolute Gasteiger partial charge is 0.444 e. The van der Waals surface area contributed by atoms with Gasteiger partial charge in [0.25, 0.3) is 5.69 Å². The Morgan fingerprint density at radius 3 is 2.50 bits per heavy atom. The van der Waals surface area contributed by atoms with Crippen LogP contribution in [-0.4, -0.2) is 40.6 Å². The molecule has 1 amide bonds. The van der Waals surface area contributed by atoms with Gasteiger partial charge in [0.05, 0.1) is 11.3 Å². The van der Waals surface area contributed by atoms with Gasteiger partial charge in [-0.2, -0.15) is 0 Å². The predicted octanol–water partition coefficient (Wildman–Crippen LogP) is 3.54. The number of rotatable bonds is 4. The number of likely N-dealkylation sites (tertiary alicyclic amines) is 1. The van der Waals surface area contributed by atoms with Gasteiger partial charge < -0.3 is 14.4 Å². The Kier molecular flexibility index (Phi) is 6.18. The number of piperidine rings is 1. The molecule has 8 nitrogen and oxygen atoms in total. The zero-order chi connectivity index (χ0) is 19.3. The Labute approximate surface area is 152 Å². The molecule has 0 saturated carbocycles. The molecule has 8 heteroatoms. The molecular weight excluding hydrogens is 340 g/mol. The molecule has 1 aliphatic heterocycles. The maximum absolute atomic E-state index is 12.2. The fourth-order valence-corrected chi connectivity index (χ4v) is 2.77. The van der Waals surface area contributed by atoms with Crippen LogP contribution < -0.4 is 4.74 Å². The molecular formula is C18H24N2O6. The lowest BCUT2D eigenvalue weighted by Crippen LogP contribution is -2.43. The molecule has 1 fully saturated rings. The summed E-state index contributed by atoms with van der Waals surface area (Å²) < 4.78 is 10.6. The van der Waals surface area contributed by atoms with Crippen molar-refractivity contribution in [3.8, 4) is 5.75 Å². The molecule has 26 heavy (non-hydrogen) atoms. The summed E-state index contributed by atoms with van der Waals surface area (Å²) in [6, 6.07) is 5.36. The van der Waals surface area contributed by atoms with Crippen molar-refractivity contribution in [3.63, 3.8) is 0 Å². The number of carbonyl (C=O) groups is 2. The lowest BCUT2D eigenvalue weighted by Gasteiger charge is -2.33. The van der Waals surface area contributed by atoms with E-state index in [9.17, 15) is 19.7 Å². The molecule has 1 saturated heterocycles. The summed E-state index contributed by atoms with van der Waals surface area (Å²) in [5.41, 5.74) is -0.621. The fourth-order valence-electron chi connectivity index (χ4n) is 2.77. The summed E-state index contributed by atoms with van der Waals surface area (Å²) in [6.07, 6.45) is 1.44. The fraction of sp³-hybridized carbons (Fsp3) is 0.556. The Bertz CT molecular complexity index is 665. The third-order valence-electron chi connectivity index (χ3n) is 3.91. The van der Waals surface area contributed by atoms with Crippen LogP contribution in [0, 0.1) is 16.0 Å². The second kappa shape index (κ2) is 8.16. The quantitative estimate of drug-likeness (QED) is 0.351. The second-order valence-corrected chi connectivity index (χ2v) is 7.36. The van der Waals surface area contributed by atoms with Crippen LogP contribution >= 0.6 is 0 Å². The summed E-state index contributed by atoms with van der Waals surface area (Å²) in [7, 11) is 0. The van der Waals surface area contributed by atoms with Crippen molar-refractivity contribution >= 4 is 17.7 Å². The lowest BCUT2D eigenvalue weighted by atomic mass is 9.95. The topological polar surface area (TPSA) is 99.0 Å². The Morgan fingerprint density at radius 1 is 1.27 bits per heavy atom. The molecule has 1 aromatic carbocycles. The summed E-state index contributed by atoms with van der Waals surface area (Å²) >= 11 is 0. The summed E-state index contributed by atoms with van der Waals surface area (Å²) in [6.45, 7) is 6.50. The van der Waals surface area contributed by atoms with Crippen LogP contribution in [0.25, 0.3) is 0 Å². The molecule has 1 atom stereocenters. The van der Waals surface area contributed by atoms with E-state index in [1.165, 1.54) is 24.3 Å². The highest BCUT2D eigenvalue weighted by molar-refractivity contribution is 5.73. The highest BCUT2D eigenvalue weighted by Gasteiger charge is 2.29. The Hall–Kier alpha value is -2.64. The Morgan fingerprint density at radius 2 is 1.92 bits per heavy atom. The molecule has 0 aromatic heterocycles.